The number of hydrogen-bond donors (Lipinski definition) is 2. The van der Waals surface area contributed by atoms with Crippen LogP contribution in [-0.4, -0.2) is 22.0 Å². The maximum absolute atomic E-state index is 12.1. The van der Waals surface area contributed by atoms with Gasteiger partial charge in [0.1, 0.15) is 0 Å². The van der Waals surface area contributed by atoms with E-state index in [1.807, 2.05) is 0 Å². The number of carbonyl (C=O) groups is 2. The minimum absolute atomic E-state index is 0.149. The highest BCUT2D eigenvalue weighted by atomic mass is 35.5. The van der Waals surface area contributed by atoms with Gasteiger partial charge in [0.15, 0.2) is 0 Å². The zero-order chi connectivity index (χ0) is 19.2. The number of amides is 2. The minimum atomic E-state index is -0.173. The summed E-state index contributed by atoms with van der Waals surface area (Å²) in [5.41, 5.74) is 2.07. The van der Waals surface area contributed by atoms with Crippen molar-refractivity contribution in [2.75, 3.05) is 10.6 Å². The molecule has 1 aromatic heterocycles. The van der Waals surface area contributed by atoms with Crippen LogP contribution in [0.3, 0.4) is 0 Å². The lowest BCUT2D eigenvalue weighted by atomic mass is 10.2. The van der Waals surface area contributed by atoms with Gasteiger partial charge in [0.05, 0.1) is 0 Å². The Morgan fingerprint density at radius 2 is 1.59 bits per heavy atom. The van der Waals surface area contributed by atoms with Crippen molar-refractivity contribution in [2.45, 2.75) is 19.8 Å². The molecule has 3 rings (SSSR count). The Morgan fingerprint density at radius 3 is 2.22 bits per heavy atom. The molecule has 0 aliphatic heterocycles. The zero-order valence-corrected chi connectivity index (χ0v) is 15.3. The smallest absolute Gasteiger partial charge is 0.247 e. The van der Waals surface area contributed by atoms with E-state index in [2.05, 4.69) is 20.8 Å². The van der Waals surface area contributed by atoms with Crippen molar-refractivity contribution in [1.29, 1.82) is 0 Å². The van der Waals surface area contributed by atoms with E-state index in [4.69, 9.17) is 16.0 Å². The van der Waals surface area contributed by atoms with Gasteiger partial charge in [-0.2, -0.15) is 0 Å². The van der Waals surface area contributed by atoms with Gasteiger partial charge in [-0.05, 0) is 48.5 Å². The van der Waals surface area contributed by atoms with Gasteiger partial charge >= 0.3 is 0 Å². The molecular weight excluding hydrogens is 368 g/mol. The maximum Gasteiger partial charge on any atom is 0.247 e. The van der Waals surface area contributed by atoms with E-state index in [0.717, 1.165) is 5.56 Å². The number of benzene rings is 2. The third-order valence-corrected chi connectivity index (χ3v) is 3.86. The molecule has 138 valence electrons. The average Bonchev–Trinajstić information content (AvgIpc) is 3.11. The molecule has 8 heteroatoms. The second-order valence-corrected chi connectivity index (χ2v) is 6.25. The summed E-state index contributed by atoms with van der Waals surface area (Å²) in [5.74, 6) is 0.449. The molecule has 0 radical (unpaired) electrons. The molecule has 0 saturated carbocycles. The molecule has 3 aromatic rings. The van der Waals surface area contributed by atoms with Crippen LogP contribution in [0.15, 0.2) is 52.9 Å². The molecule has 1 heterocycles. The number of nitrogens with one attached hydrogen (secondary N) is 2. The molecule has 2 aromatic carbocycles. The van der Waals surface area contributed by atoms with Crippen LogP contribution in [-0.2, 0) is 16.0 Å². The summed E-state index contributed by atoms with van der Waals surface area (Å²) in [6.45, 7) is 1.44. The topological polar surface area (TPSA) is 97.1 Å². The predicted octanol–water partition coefficient (Wildman–Crippen LogP) is 3.92. The summed E-state index contributed by atoms with van der Waals surface area (Å²) in [4.78, 5) is 23.1. The van der Waals surface area contributed by atoms with Gasteiger partial charge in [0.2, 0.25) is 23.6 Å². The summed E-state index contributed by atoms with van der Waals surface area (Å²) in [7, 11) is 0. The summed E-state index contributed by atoms with van der Waals surface area (Å²) in [5, 5.41) is 14.0. The molecule has 0 bridgehead atoms. The van der Waals surface area contributed by atoms with Crippen molar-refractivity contribution in [3.8, 4) is 11.5 Å². The van der Waals surface area contributed by atoms with Crippen molar-refractivity contribution in [3.63, 3.8) is 0 Å². The molecule has 0 aliphatic carbocycles. The SMILES string of the molecule is CC(=O)Nc1ccc(NC(=O)CCc2nnc(-c3ccc(Cl)cc3)o2)cc1. The van der Waals surface area contributed by atoms with E-state index in [1.54, 1.807) is 48.5 Å². The number of carbonyl (C=O) groups excluding carboxylic acids is 2. The Bertz CT molecular complexity index is 936. The number of rotatable bonds is 6. The molecule has 0 aliphatic rings. The Hall–Kier alpha value is -3.19. The predicted molar refractivity (Wildman–Crippen MR) is 102 cm³/mol. The van der Waals surface area contributed by atoms with Gasteiger partial charge < -0.3 is 15.1 Å². The fourth-order valence-electron chi connectivity index (χ4n) is 2.35. The first-order valence-electron chi connectivity index (χ1n) is 8.25. The van der Waals surface area contributed by atoms with E-state index in [0.29, 0.717) is 34.6 Å². The molecule has 0 atom stereocenters. The first kappa shape index (κ1) is 18.6. The summed E-state index contributed by atoms with van der Waals surface area (Å²) >= 11 is 5.86. The van der Waals surface area contributed by atoms with Gasteiger partial charge in [0.25, 0.3) is 0 Å². The molecule has 0 saturated heterocycles. The first-order chi connectivity index (χ1) is 13.0. The van der Waals surface area contributed by atoms with Gasteiger partial charge in [-0.15, -0.1) is 10.2 Å². The number of nitrogens with zero attached hydrogens (tertiary/aromatic N) is 2. The molecule has 7 nitrogen and oxygen atoms in total. The maximum atomic E-state index is 12.1. The molecule has 0 spiro atoms. The number of hydrogen-bond acceptors (Lipinski definition) is 5. The van der Waals surface area contributed by atoms with Gasteiger partial charge in [-0.25, -0.2) is 0 Å². The van der Waals surface area contributed by atoms with Crippen molar-refractivity contribution < 1.29 is 14.0 Å². The number of halogens is 1. The van der Waals surface area contributed by atoms with Crippen LogP contribution in [0, 0.1) is 0 Å². The highest BCUT2D eigenvalue weighted by Gasteiger charge is 2.11. The lowest BCUT2D eigenvalue weighted by Gasteiger charge is -2.06. The van der Waals surface area contributed by atoms with Crippen LogP contribution >= 0.6 is 11.6 Å². The molecule has 0 unspecified atom stereocenters. The second-order valence-electron chi connectivity index (χ2n) is 5.81. The monoisotopic (exact) mass is 384 g/mol. The third kappa shape index (κ3) is 5.39. The van der Waals surface area contributed by atoms with E-state index in [1.165, 1.54) is 6.92 Å². The van der Waals surface area contributed by atoms with Gasteiger partial charge in [0, 0.05) is 41.7 Å². The van der Waals surface area contributed by atoms with Gasteiger partial charge in [-0.1, -0.05) is 11.6 Å². The van der Waals surface area contributed by atoms with E-state index < -0.39 is 0 Å². The first-order valence-corrected chi connectivity index (χ1v) is 8.63. The Morgan fingerprint density at radius 1 is 0.963 bits per heavy atom. The van der Waals surface area contributed by atoms with E-state index >= 15 is 0 Å². The lowest BCUT2D eigenvalue weighted by Crippen LogP contribution is -2.12. The van der Waals surface area contributed by atoms with E-state index in [9.17, 15) is 9.59 Å². The van der Waals surface area contributed by atoms with Crippen LogP contribution in [0.5, 0.6) is 0 Å². The van der Waals surface area contributed by atoms with Crippen LogP contribution < -0.4 is 10.6 Å². The second kappa shape index (κ2) is 8.46. The number of anilines is 2. The largest absolute Gasteiger partial charge is 0.421 e. The summed E-state index contributed by atoms with van der Waals surface area (Å²) in [6, 6.07) is 13.9. The molecule has 0 fully saturated rings. The summed E-state index contributed by atoms with van der Waals surface area (Å²) < 4.78 is 5.58. The Kier molecular flexibility index (Phi) is 5.83. The number of aromatic nitrogens is 2. The summed E-state index contributed by atoms with van der Waals surface area (Å²) in [6.07, 6.45) is 0.534. The van der Waals surface area contributed by atoms with Gasteiger partial charge in [-0.3, -0.25) is 9.59 Å². The molecule has 2 amide bonds. The van der Waals surface area contributed by atoms with Crippen LogP contribution in [0.2, 0.25) is 5.02 Å². The fraction of sp³-hybridized carbons (Fsp3) is 0.158. The van der Waals surface area contributed by atoms with Crippen molar-refractivity contribution in [2.24, 2.45) is 0 Å². The highest BCUT2D eigenvalue weighted by molar-refractivity contribution is 6.30. The Balaban J connectivity index is 1.52. The fourth-order valence-corrected chi connectivity index (χ4v) is 2.47. The highest BCUT2D eigenvalue weighted by Crippen LogP contribution is 2.20. The zero-order valence-electron chi connectivity index (χ0n) is 14.5. The molecule has 2 N–H and O–H groups in total. The normalized spacial score (nSPS) is 10.4. The Labute approximate surface area is 160 Å². The van der Waals surface area contributed by atoms with Crippen LogP contribution in [0.25, 0.3) is 11.5 Å². The minimum Gasteiger partial charge on any atom is -0.421 e. The van der Waals surface area contributed by atoms with Crippen LogP contribution in [0.1, 0.15) is 19.2 Å². The third-order valence-electron chi connectivity index (χ3n) is 3.61. The lowest BCUT2D eigenvalue weighted by molar-refractivity contribution is -0.116. The molecule has 27 heavy (non-hydrogen) atoms. The van der Waals surface area contributed by atoms with Crippen molar-refractivity contribution in [3.05, 3.63) is 59.4 Å². The standard InChI is InChI=1S/C19H17ClN4O3/c1-12(25)21-15-6-8-16(9-7-15)22-17(26)10-11-18-23-24-19(27-18)13-2-4-14(20)5-3-13/h2-9H,10-11H2,1H3,(H,21,25)(H,22,26). The van der Waals surface area contributed by atoms with Crippen molar-refractivity contribution in [1.82, 2.24) is 10.2 Å². The van der Waals surface area contributed by atoms with Crippen LogP contribution in [0.4, 0.5) is 11.4 Å². The van der Waals surface area contributed by atoms with E-state index in [-0.39, 0.29) is 18.2 Å². The molecular formula is C19H17ClN4O3. The quantitative estimate of drug-likeness (QED) is 0.671. The number of aryl methyl sites for hydroxylation is 1. The average molecular weight is 385 g/mol. The van der Waals surface area contributed by atoms with Crippen molar-refractivity contribution >= 4 is 34.8 Å².